The van der Waals surface area contributed by atoms with Crippen LogP contribution in [0.25, 0.3) is 0 Å². The Hall–Kier alpha value is -1.38. The molecule has 0 unspecified atom stereocenters. The first-order valence-electron chi connectivity index (χ1n) is 6.74. The van der Waals surface area contributed by atoms with Gasteiger partial charge in [-0.15, -0.1) is 12.4 Å². The van der Waals surface area contributed by atoms with Gasteiger partial charge in [-0.05, 0) is 31.0 Å². The van der Waals surface area contributed by atoms with E-state index in [4.69, 9.17) is 10.5 Å². The van der Waals surface area contributed by atoms with Crippen molar-refractivity contribution in [3.63, 3.8) is 0 Å². The average molecular weight is 357 g/mol. The predicted molar refractivity (Wildman–Crippen MR) is 78.8 cm³/mol. The van der Waals surface area contributed by atoms with Gasteiger partial charge in [-0.25, -0.2) is 4.39 Å². The summed E-state index contributed by atoms with van der Waals surface area (Å²) < 4.78 is 56.4. The second kappa shape index (κ2) is 7.46. The standard InChI is InChI=1S/C14H16F4N2O2.ClH/c15-11-2-1-9(7-10(11)14(16,17)18)20-12(21)13(8-19)3-5-22-6-4-13;/h1-2,7H,3-6,8,19H2,(H,20,21);1H. The lowest BCUT2D eigenvalue weighted by atomic mass is 9.79. The summed E-state index contributed by atoms with van der Waals surface area (Å²) in [6.45, 7) is 0.791. The van der Waals surface area contributed by atoms with E-state index >= 15 is 0 Å². The van der Waals surface area contributed by atoms with Crippen LogP contribution in [-0.4, -0.2) is 25.7 Å². The van der Waals surface area contributed by atoms with Crippen LogP contribution >= 0.6 is 12.4 Å². The molecule has 0 aliphatic carbocycles. The maximum Gasteiger partial charge on any atom is 0.419 e. The van der Waals surface area contributed by atoms with Crippen LogP contribution in [-0.2, 0) is 15.7 Å². The van der Waals surface area contributed by atoms with Crippen molar-refractivity contribution in [2.75, 3.05) is 25.1 Å². The van der Waals surface area contributed by atoms with Crippen LogP contribution in [0.4, 0.5) is 23.2 Å². The Labute approximate surface area is 136 Å². The highest BCUT2D eigenvalue weighted by atomic mass is 35.5. The molecule has 1 fully saturated rings. The molecule has 4 nitrogen and oxygen atoms in total. The van der Waals surface area contributed by atoms with Crippen molar-refractivity contribution in [1.29, 1.82) is 0 Å². The molecule has 3 N–H and O–H groups in total. The van der Waals surface area contributed by atoms with Crippen LogP contribution < -0.4 is 11.1 Å². The molecule has 0 atom stereocenters. The quantitative estimate of drug-likeness (QED) is 0.818. The lowest BCUT2D eigenvalue weighted by Gasteiger charge is -2.34. The fraction of sp³-hybridized carbons (Fsp3) is 0.500. The van der Waals surface area contributed by atoms with Crippen LogP contribution in [0, 0.1) is 11.2 Å². The molecule has 9 heteroatoms. The fourth-order valence-electron chi connectivity index (χ4n) is 2.37. The number of carbonyl (C=O) groups is 1. The summed E-state index contributed by atoms with van der Waals surface area (Å²) in [5.74, 6) is -1.86. The van der Waals surface area contributed by atoms with Crippen molar-refractivity contribution < 1.29 is 27.1 Å². The molecular weight excluding hydrogens is 340 g/mol. The summed E-state index contributed by atoms with van der Waals surface area (Å²) in [4.78, 5) is 12.3. The van der Waals surface area contributed by atoms with Crippen LogP contribution in [0.15, 0.2) is 18.2 Å². The van der Waals surface area contributed by atoms with E-state index in [0.717, 1.165) is 6.07 Å². The topological polar surface area (TPSA) is 64.4 Å². The van der Waals surface area contributed by atoms with E-state index in [1.807, 2.05) is 0 Å². The largest absolute Gasteiger partial charge is 0.419 e. The second-order valence-corrected chi connectivity index (χ2v) is 5.24. The highest BCUT2D eigenvalue weighted by molar-refractivity contribution is 5.95. The van der Waals surface area contributed by atoms with Crippen LogP contribution in [0.2, 0.25) is 0 Å². The van der Waals surface area contributed by atoms with Gasteiger partial charge in [-0.1, -0.05) is 0 Å². The summed E-state index contributed by atoms with van der Waals surface area (Å²) in [6, 6.07) is 2.35. The fourth-order valence-corrected chi connectivity index (χ4v) is 2.37. The normalized spacial score (nSPS) is 17.3. The van der Waals surface area contributed by atoms with E-state index in [1.54, 1.807) is 0 Å². The third-order valence-corrected chi connectivity index (χ3v) is 3.85. The third-order valence-electron chi connectivity index (χ3n) is 3.85. The van der Waals surface area contributed by atoms with Gasteiger partial charge < -0.3 is 15.8 Å². The Morgan fingerprint density at radius 3 is 2.43 bits per heavy atom. The Bertz CT molecular complexity index is 560. The minimum Gasteiger partial charge on any atom is -0.381 e. The molecule has 0 spiro atoms. The number of anilines is 1. The highest BCUT2D eigenvalue weighted by Crippen LogP contribution is 2.34. The Morgan fingerprint density at radius 2 is 1.91 bits per heavy atom. The summed E-state index contributed by atoms with van der Waals surface area (Å²) in [5, 5.41) is 2.40. The van der Waals surface area contributed by atoms with E-state index in [2.05, 4.69) is 5.32 Å². The first-order valence-corrected chi connectivity index (χ1v) is 6.74. The lowest BCUT2D eigenvalue weighted by molar-refractivity contribution is -0.140. The maximum absolute atomic E-state index is 13.2. The van der Waals surface area contributed by atoms with E-state index < -0.39 is 28.9 Å². The van der Waals surface area contributed by atoms with Gasteiger partial charge in [0.15, 0.2) is 0 Å². The van der Waals surface area contributed by atoms with Crippen molar-refractivity contribution in [3.05, 3.63) is 29.6 Å². The first kappa shape index (κ1) is 19.7. The molecule has 0 bridgehead atoms. The summed E-state index contributed by atoms with van der Waals surface area (Å²) in [6.07, 6.45) is -4.04. The number of hydrogen-bond donors (Lipinski definition) is 2. The van der Waals surface area contributed by atoms with Crippen LogP contribution in [0.5, 0.6) is 0 Å². The highest BCUT2D eigenvalue weighted by Gasteiger charge is 2.39. The monoisotopic (exact) mass is 356 g/mol. The minimum atomic E-state index is -4.82. The Balaban J connectivity index is 0.00000264. The summed E-state index contributed by atoms with van der Waals surface area (Å²) >= 11 is 0. The number of nitrogens with one attached hydrogen (secondary N) is 1. The van der Waals surface area contributed by atoms with Crippen LogP contribution in [0.1, 0.15) is 18.4 Å². The van der Waals surface area contributed by atoms with Crippen molar-refractivity contribution in [2.24, 2.45) is 11.1 Å². The van der Waals surface area contributed by atoms with E-state index in [0.29, 0.717) is 38.2 Å². The molecule has 1 amide bonds. The molecule has 1 aliphatic rings. The second-order valence-electron chi connectivity index (χ2n) is 5.24. The number of benzene rings is 1. The van der Waals surface area contributed by atoms with Crippen LogP contribution in [0.3, 0.4) is 0 Å². The number of ether oxygens (including phenoxy) is 1. The van der Waals surface area contributed by atoms with Gasteiger partial charge in [0.1, 0.15) is 5.82 Å². The zero-order valence-electron chi connectivity index (χ0n) is 12.1. The van der Waals surface area contributed by atoms with Gasteiger partial charge in [0.05, 0.1) is 11.0 Å². The van der Waals surface area contributed by atoms with Gasteiger partial charge in [0.25, 0.3) is 0 Å². The molecule has 1 heterocycles. The first-order chi connectivity index (χ1) is 10.3. The smallest absolute Gasteiger partial charge is 0.381 e. The SMILES string of the molecule is Cl.NCC1(C(=O)Nc2ccc(F)c(C(F)(F)F)c2)CCOCC1. The molecule has 1 aromatic carbocycles. The molecule has 0 radical (unpaired) electrons. The van der Waals surface area contributed by atoms with Gasteiger partial charge in [0, 0.05) is 25.4 Å². The molecule has 23 heavy (non-hydrogen) atoms. The maximum atomic E-state index is 13.2. The number of carbonyl (C=O) groups excluding carboxylic acids is 1. The summed E-state index contributed by atoms with van der Waals surface area (Å²) in [5.41, 5.74) is 3.26. The molecular formula is C14H17ClF4N2O2. The van der Waals surface area contributed by atoms with Gasteiger partial charge in [-0.2, -0.15) is 13.2 Å². The predicted octanol–water partition coefficient (Wildman–Crippen LogP) is 2.96. The number of amides is 1. The Kier molecular flexibility index (Phi) is 6.38. The zero-order valence-corrected chi connectivity index (χ0v) is 12.9. The Morgan fingerprint density at radius 1 is 1.30 bits per heavy atom. The van der Waals surface area contributed by atoms with Crippen molar-refractivity contribution in [2.45, 2.75) is 19.0 Å². The van der Waals surface area contributed by atoms with Gasteiger partial charge >= 0.3 is 6.18 Å². The van der Waals surface area contributed by atoms with Crippen molar-refractivity contribution in [3.8, 4) is 0 Å². The number of rotatable bonds is 3. The minimum absolute atomic E-state index is 0. The van der Waals surface area contributed by atoms with Gasteiger partial charge in [-0.3, -0.25) is 4.79 Å². The number of alkyl halides is 3. The molecule has 2 rings (SSSR count). The zero-order chi connectivity index (χ0) is 16.4. The molecule has 0 saturated carbocycles. The number of hydrogen-bond acceptors (Lipinski definition) is 3. The summed E-state index contributed by atoms with van der Waals surface area (Å²) in [7, 11) is 0. The molecule has 0 aromatic heterocycles. The number of halogens is 5. The van der Waals surface area contributed by atoms with Crippen molar-refractivity contribution in [1.82, 2.24) is 0 Å². The molecule has 1 saturated heterocycles. The molecule has 1 aliphatic heterocycles. The lowest BCUT2D eigenvalue weighted by Crippen LogP contribution is -2.46. The van der Waals surface area contributed by atoms with Gasteiger partial charge in [0.2, 0.25) is 5.91 Å². The molecule has 130 valence electrons. The molecule has 1 aromatic rings. The van der Waals surface area contributed by atoms with Crippen molar-refractivity contribution >= 4 is 24.0 Å². The third kappa shape index (κ3) is 4.33. The number of nitrogens with two attached hydrogens (primary N) is 1. The van der Waals surface area contributed by atoms with E-state index in [-0.39, 0.29) is 24.6 Å². The average Bonchev–Trinajstić information content (AvgIpc) is 2.48. The van der Waals surface area contributed by atoms with E-state index in [9.17, 15) is 22.4 Å². The van der Waals surface area contributed by atoms with E-state index in [1.165, 1.54) is 0 Å².